The van der Waals surface area contributed by atoms with Gasteiger partial charge in [0.1, 0.15) is 5.00 Å². The van der Waals surface area contributed by atoms with Crippen molar-refractivity contribution in [3.05, 3.63) is 70.0 Å². The number of aryl methyl sites for hydroxylation is 1. The van der Waals surface area contributed by atoms with Gasteiger partial charge >= 0.3 is 0 Å². The van der Waals surface area contributed by atoms with Crippen molar-refractivity contribution in [3.63, 3.8) is 0 Å². The summed E-state index contributed by atoms with van der Waals surface area (Å²) in [6.45, 7) is 9.88. The van der Waals surface area contributed by atoms with Crippen molar-refractivity contribution in [2.75, 3.05) is 49.6 Å². The summed E-state index contributed by atoms with van der Waals surface area (Å²) < 4.78 is 10.9. The second-order valence-electron chi connectivity index (χ2n) is 9.15. The van der Waals surface area contributed by atoms with Gasteiger partial charge in [0.25, 0.3) is 5.91 Å². The molecule has 5 rings (SSSR count). The van der Waals surface area contributed by atoms with Gasteiger partial charge < -0.3 is 19.4 Å². The van der Waals surface area contributed by atoms with E-state index in [-0.39, 0.29) is 11.9 Å². The first-order chi connectivity index (χ1) is 16.6. The Bertz CT molecular complexity index is 1100. The van der Waals surface area contributed by atoms with E-state index in [0.29, 0.717) is 5.76 Å². The zero-order valence-corrected chi connectivity index (χ0v) is 20.8. The molecule has 2 aliphatic rings. The van der Waals surface area contributed by atoms with Gasteiger partial charge in [0.2, 0.25) is 0 Å². The number of hydrogen-bond acceptors (Lipinski definition) is 6. The van der Waals surface area contributed by atoms with Gasteiger partial charge in [-0.2, -0.15) is 0 Å². The first-order valence-electron chi connectivity index (χ1n) is 12.2. The maximum atomic E-state index is 12.9. The summed E-state index contributed by atoms with van der Waals surface area (Å²) >= 11 is 1.66. The van der Waals surface area contributed by atoms with E-state index in [1.54, 1.807) is 23.5 Å². The number of anilines is 2. The van der Waals surface area contributed by atoms with Crippen molar-refractivity contribution in [3.8, 4) is 0 Å². The van der Waals surface area contributed by atoms with Crippen LogP contribution < -0.4 is 10.2 Å². The van der Waals surface area contributed by atoms with E-state index in [0.717, 1.165) is 44.4 Å². The predicted molar refractivity (Wildman–Crippen MR) is 137 cm³/mol. The number of carbonyl (C=O) groups excluding carboxylic acids is 1. The summed E-state index contributed by atoms with van der Waals surface area (Å²) in [6.07, 6.45) is 5.23. The number of ether oxygens (including phenoxy) is 1. The van der Waals surface area contributed by atoms with Crippen LogP contribution in [0.5, 0.6) is 0 Å². The molecule has 1 aromatic carbocycles. The summed E-state index contributed by atoms with van der Waals surface area (Å²) in [5.41, 5.74) is 4.98. The Hall–Kier alpha value is -2.61. The number of rotatable bonds is 6. The monoisotopic (exact) mass is 479 g/mol. The number of morpholine rings is 1. The molecule has 1 amide bonds. The van der Waals surface area contributed by atoms with Gasteiger partial charge in [0, 0.05) is 29.2 Å². The maximum absolute atomic E-state index is 12.9. The van der Waals surface area contributed by atoms with E-state index in [2.05, 4.69) is 53.2 Å². The van der Waals surface area contributed by atoms with E-state index in [1.165, 1.54) is 52.8 Å². The van der Waals surface area contributed by atoms with Crippen LogP contribution in [-0.4, -0.2) is 50.2 Å². The fourth-order valence-electron chi connectivity index (χ4n) is 5.06. The van der Waals surface area contributed by atoms with Crippen molar-refractivity contribution in [2.24, 2.45) is 0 Å². The molecule has 0 radical (unpaired) electrons. The Morgan fingerprint density at radius 3 is 2.41 bits per heavy atom. The second kappa shape index (κ2) is 10.3. The molecule has 1 atom stereocenters. The Balaban J connectivity index is 1.50. The number of furan rings is 1. The van der Waals surface area contributed by atoms with Crippen LogP contribution in [0.2, 0.25) is 0 Å². The molecule has 2 aliphatic heterocycles. The highest BCUT2D eigenvalue weighted by Gasteiger charge is 2.30. The van der Waals surface area contributed by atoms with Crippen molar-refractivity contribution in [1.82, 2.24) is 4.90 Å². The van der Waals surface area contributed by atoms with Gasteiger partial charge in [-0.3, -0.25) is 9.69 Å². The summed E-state index contributed by atoms with van der Waals surface area (Å²) in [4.78, 5) is 19.1. The third kappa shape index (κ3) is 4.78. The second-order valence-corrected chi connectivity index (χ2v) is 10.4. The highest BCUT2D eigenvalue weighted by molar-refractivity contribution is 7.16. The Kier molecular flexibility index (Phi) is 7.04. The number of thiophene rings is 1. The van der Waals surface area contributed by atoms with E-state index >= 15 is 0 Å². The molecule has 0 spiro atoms. The van der Waals surface area contributed by atoms with Crippen LogP contribution in [-0.2, 0) is 4.74 Å². The molecular formula is C27H33N3O3S. The van der Waals surface area contributed by atoms with Gasteiger partial charge in [-0.15, -0.1) is 11.3 Å². The molecule has 0 aliphatic carbocycles. The van der Waals surface area contributed by atoms with Crippen LogP contribution in [0.4, 0.5) is 10.7 Å². The first-order valence-corrected chi connectivity index (χ1v) is 13.0. The molecule has 2 fully saturated rings. The lowest BCUT2D eigenvalue weighted by atomic mass is 9.93. The molecule has 0 saturated carbocycles. The molecule has 2 aromatic heterocycles. The number of hydrogen-bond donors (Lipinski definition) is 1. The van der Waals surface area contributed by atoms with Crippen molar-refractivity contribution in [1.29, 1.82) is 0 Å². The predicted octanol–water partition coefficient (Wildman–Crippen LogP) is 5.62. The van der Waals surface area contributed by atoms with Crippen molar-refractivity contribution < 1.29 is 13.9 Å². The minimum atomic E-state index is -0.201. The van der Waals surface area contributed by atoms with Gasteiger partial charge in [-0.05, 0) is 75.2 Å². The fourth-order valence-corrected chi connectivity index (χ4v) is 6.15. The quantitative estimate of drug-likeness (QED) is 0.497. The standard InChI is InChI=1S/C27H33N3O3S/c1-19-20(2)34-27(28-26(31)23-7-6-16-33-23)24(19)25(30-12-4-3-5-13-30)21-8-10-22(11-9-21)29-14-17-32-18-15-29/h6-11,16,25H,3-5,12-15,17-18H2,1-2H3,(H,28,31). The molecule has 34 heavy (non-hydrogen) atoms. The average molecular weight is 480 g/mol. The summed E-state index contributed by atoms with van der Waals surface area (Å²) in [5.74, 6) is 0.131. The largest absolute Gasteiger partial charge is 0.459 e. The molecule has 7 heteroatoms. The summed E-state index contributed by atoms with van der Waals surface area (Å²) in [5, 5.41) is 4.08. The zero-order chi connectivity index (χ0) is 23.5. The molecule has 2 saturated heterocycles. The molecular weight excluding hydrogens is 446 g/mol. The number of piperidine rings is 1. The number of benzene rings is 1. The highest BCUT2D eigenvalue weighted by atomic mass is 32.1. The molecule has 3 aromatic rings. The number of nitrogens with zero attached hydrogens (tertiary/aromatic N) is 2. The normalized spacial score (nSPS) is 18.1. The van der Waals surface area contributed by atoms with Crippen LogP contribution in [0.1, 0.15) is 57.4 Å². The van der Waals surface area contributed by atoms with E-state index in [9.17, 15) is 4.79 Å². The Morgan fingerprint density at radius 1 is 1.00 bits per heavy atom. The molecule has 1 unspecified atom stereocenters. The third-order valence-corrected chi connectivity index (χ3v) is 8.16. The molecule has 4 heterocycles. The van der Waals surface area contributed by atoms with Crippen LogP contribution in [0.25, 0.3) is 0 Å². The lowest BCUT2D eigenvalue weighted by Gasteiger charge is -2.36. The van der Waals surface area contributed by atoms with Crippen molar-refractivity contribution in [2.45, 2.75) is 39.2 Å². The SMILES string of the molecule is Cc1sc(NC(=O)c2ccco2)c(C(c2ccc(N3CCOCC3)cc2)N2CCCCC2)c1C. The number of carbonyl (C=O) groups is 1. The fraction of sp³-hybridized carbons (Fsp3) is 0.444. The molecule has 180 valence electrons. The first kappa shape index (κ1) is 23.1. The third-order valence-electron chi connectivity index (χ3n) is 7.02. The van der Waals surface area contributed by atoms with E-state index < -0.39 is 0 Å². The van der Waals surface area contributed by atoms with Gasteiger partial charge in [0.05, 0.1) is 25.5 Å². The Morgan fingerprint density at radius 2 is 1.74 bits per heavy atom. The number of likely N-dealkylation sites (tertiary alicyclic amines) is 1. The molecule has 0 bridgehead atoms. The van der Waals surface area contributed by atoms with Gasteiger partial charge in [-0.1, -0.05) is 18.6 Å². The lowest BCUT2D eigenvalue weighted by Crippen LogP contribution is -2.36. The summed E-state index contributed by atoms with van der Waals surface area (Å²) in [6, 6.07) is 12.6. The van der Waals surface area contributed by atoms with Crippen LogP contribution >= 0.6 is 11.3 Å². The van der Waals surface area contributed by atoms with Crippen LogP contribution in [0, 0.1) is 13.8 Å². The van der Waals surface area contributed by atoms with Gasteiger partial charge in [-0.25, -0.2) is 0 Å². The maximum Gasteiger partial charge on any atom is 0.291 e. The molecule has 1 N–H and O–H groups in total. The van der Waals surface area contributed by atoms with Crippen molar-refractivity contribution >= 4 is 27.9 Å². The molecule has 6 nitrogen and oxygen atoms in total. The zero-order valence-electron chi connectivity index (χ0n) is 20.0. The van der Waals surface area contributed by atoms with Crippen LogP contribution in [0.3, 0.4) is 0 Å². The average Bonchev–Trinajstić information content (AvgIpc) is 3.51. The minimum absolute atomic E-state index is 0.107. The Labute approximate surface area is 205 Å². The van der Waals surface area contributed by atoms with E-state index in [1.807, 2.05) is 0 Å². The number of nitrogens with one attached hydrogen (secondary N) is 1. The lowest BCUT2D eigenvalue weighted by molar-refractivity contribution is 0.0996. The van der Waals surface area contributed by atoms with Gasteiger partial charge in [0.15, 0.2) is 5.76 Å². The number of amides is 1. The summed E-state index contributed by atoms with van der Waals surface area (Å²) in [7, 11) is 0. The smallest absolute Gasteiger partial charge is 0.291 e. The minimum Gasteiger partial charge on any atom is -0.459 e. The van der Waals surface area contributed by atoms with E-state index in [4.69, 9.17) is 9.15 Å². The topological polar surface area (TPSA) is 58.0 Å². The van der Waals surface area contributed by atoms with Crippen LogP contribution in [0.15, 0.2) is 47.1 Å². The highest BCUT2D eigenvalue weighted by Crippen LogP contribution is 2.43.